The summed E-state index contributed by atoms with van der Waals surface area (Å²) in [5, 5.41) is 3.35. The van der Waals surface area contributed by atoms with Gasteiger partial charge in [-0.1, -0.05) is 6.42 Å². The molecule has 3 fully saturated rings. The van der Waals surface area contributed by atoms with E-state index in [0.717, 1.165) is 51.5 Å². The number of piperidine rings is 1. The summed E-state index contributed by atoms with van der Waals surface area (Å²) >= 11 is 0. The molecule has 2 atom stereocenters. The van der Waals surface area contributed by atoms with Crippen molar-refractivity contribution < 1.29 is 13.2 Å². The highest BCUT2D eigenvalue weighted by Gasteiger charge is 2.27. The Bertz CT molecular complexity index is 637. The third-order valence-electron chi connectivity index (χ3n) is 6.31. The minimum Gasteiger partial charge on any atom is -0.377 e. The molecule has 10 heteroatoms. The van der Waals surface area contributed by atoms with Gasteiger partial charge in [-0.25, -0.2) is 13.1 Å². The van der Waals surface area contributed by atoms with Crippen molar-refractivity contribution in [3.8, 4) is 0 Å². The topological polar surface area (TPSA) is 86.3 Å². The van der Waals surface area contributed by atoms with Gasteiger partial charge in [0.05, 0.1) is 18.4 Å². The first kappa shape index (κ1) is 27.1. The van der Waals surface area contributed by atoms with Gasteiger partial charge < -0.3 is 19.9 Å². The highest BCUT2D eigenvalue weighted by atomic mass is 127. The fourth-order valence-corrected chi connectivity index (χ4v) is 5.56. The van der Waals surface area contributed by atoms with E-state index in [-0.39, 0.29) is 42.4 Å². The van der Waals surface area contributed by atoms with E-state index in [1.807, 2.05) is 0 Å². The van der Waals surface area contributed by atoms with Crippen LogP contribution in [0.4, 0.5) is 0 Å². The van der Waals surface area contributed by atoms with Gasteiger partial charge in [0.2, 0.25) is 10.0 Å². The summed E-state index contributed by atoms with van der Waals surface area (Å²) in [6.07, 6.45) is 8.33. The number of rotatable bonds is 9. The van der Waals surface area contributed by atoms with E-state index >= 15 is 0 Å². The number of sulfonamides is 1. The summed E-state index contributed by atoms with van der Waals surface area (Å²) in [4.78, 5) is 9.53. The maximum Gasteiger partial charge on any atom is 0.213 e. The number of nitrogens with zero attached hydrogens (tertiary/aromatic N) is 3. The van der Waals surface area contributed by atoms with Crippen molar-refractivity contribution in [2.24, 2.45) is 10.9 Å². The van der Waals surface area contributed by atoms with Crippen LogP contribution in [-0.2, 0) is 14.8 Å². The molecule has 8 nitrogen and oxygen atoms in total. The molecule has 0 amide bonds. The van der Waals surface area contributed by atoms with Gasteiger partial charge in [0, 0.05) is 39.3 Å². The van der Waals surface area contributed by atoms with Gasteiger partial charge in [0.15, 0.2) is 5.96 Å². The number of halogens is 1. The summed E-state index contributed by atoms with van der Waals surface area (Å²) < 4.78 is 33.0. The van der Waals surface area contributed by atoms with Crippen LogP contribution >= 0.6 is 24.0 Å². The Balaban J connectivity index is 0.00000341. The van der Waals surface area contributed by atoms with E-state index in [1.54, 1.807) is 0 Å². The van der Waals surface area contributed by atoms with Gasteiger partial charge in [0.1, 0.15) is 0 Å². The van der Waals surface area contributed by atoms with Crippen LogP contribution in [0.3, 0.4) is 0 Å². The van der Waals surface area contributed by atoms with Crippen molar-refractivity contribution in [2.75, 3.05) is 64.7 Å². The number of nitrogens with one attached hydrogen (secondary N) is 2. The molecule has 0 radical (unpaired) electrons. The van der Waals surface area contributed by atoms with Crippen LogP contribution in [0.5, 0.6) is 0 Å². The fraction of sp³-hybridized carbons (Fsp3) is 0.952. The van der Waals surface area contributed by atoms with Gasteiger partial charge in [-0.2, -0.15) is 0 Å². The molecule has 0 aromatic rings. The molecule has 3 heterocycles. The number of ether oxygens (including phenoxy) is 1. The van der Waals surface area contributed by atoms with Crippen molar-refractivity contribution in [3.63, 3.8) is 0 Å². The van der Waals surface area contributed by atoms with Crippen LogP contribution in [0, 0.1) is 5.92 Å². The minimum absolute atomic E-state index is 0. The van der Waals surface area contributed by atoms with E-state index in [4.69, 9.17) is 4.74 Å². The fourth-order valence-electron chi connectivity index (χ4n) is 4.64. The molecule has 3 aliphatic heterocycles. The number of likely N-dealkylation sites (tertiary alicyclic amines) is 2. The Morgan fingerprint density at radius 1 is 1.10 bits per heavy atom. The zero-order valence-electron chi connectivity index (χ0n) is 19.1. The van der Waals surface area contributed by atoms with Crippen LogP contribution < -0.4 is 10.0 Å². The molecular weight excluding hydrogens is 529 g/mol. The van der Waals surface area contributed by atoms with Gasteiger partial charge in [-0.15, -0.1) is 24.0 Å². The molecule has 0 bridgehead atoms. The molecular formula is C21H42IN5O3S. The average molecular weight is 572 g/mol. The molecule has 0 saturated carbocycles. The maximum atomic E-state index is 12.3. The van der Waals surface area contributed by atoms with Gasteiger partial charge >= 0.3 is 0 Å². The maximum absolute atomic E-state index is 12.3. The summed E-state index contributed by atoms with van der Waals surface area (Å²) in [5.41, 5.74) is 0. The lowest BCUT2D eigenvalue weighted by atomic mass is 10.1. The van der Waals surface area contributed by atoms with Crippen molar-refractivity contribution in [2.45, 2.75) is 58.0 Å². The predicted molar refractivity (Wildman–Crippen MR) is 137 cm³/mol. The van der Waals surface area contributed by atoms with Crippen molar-refractivity contribution in [1.82, 2.24) is 19.8 Å². The van der Waals surface area contributed by atoms with Crippen molar-refractivity contribution >= 4 is 40.0 Å². The van der Waals surface area contributed by atoms with Crippen molar-refractivity contribution in [3.05, 3.63) is 0 Å². The highest BCUT2D eigenvalue weighted by molar-refractivity contribution is 14.0. The normalized spacial score (nSPS) is 26.0. The monoisotopic (exact) mass is 571 g/mol. The molecule has 0 aliphatic carbocycles. The largest absolute Gasteiger partial charge is 0.377 e. The molecule has 3 rings (SSSR count). The summed E-state index contributed by atoms with van der Waals surface area (Å²) in [7, 11) is -3.34. The number of guanidine groups is 1. The first-order valence-electron chi connectivity index (χ1n) is 11.9. The molecule has 182 valence electrons. The van der Waals surface area contributed by atoms with Crippen LogP contribution in [0.25, 0.3) is 0 Å². The SMILES string of the molecule is CCNC(=NCCS(=O)(=O)NCC1CCCCO1)N1CCC(CN2CCCCC2)C1.I. The number of hydrogen-bond acceptors (Lipinski definition) is 5. The Morgan fingerprint density at radius 2 is 1.90 bits per heavy atom. The van der Waals surface area contributed by atoms with Crippen LogP contribution in [0.1, 0.15) is 51.9 Å². The lowest BCUT2D eigenvalue weighted by Gasteiger charge is -2.29. The third kappa shape index (κ3) is 9.69. The summed E-state index contributed by atoms with van der Waals surface area (Å²) in [5.74, 6) is 1.54. The van der Waals surface area contributed by atoms with E-state index in [9.17, 15) is 8.42 Å². The Kier molecular flexibility index (Phi) is 12.4. The second-order valence-corrected chi connectivity index (χ2v) is 10.8. The standard InChI is InChI=1S/C21H41N5O3S.HI/c1-2-22-21(26-13-9-19(18-26)17-25-11-5-3-6-12-25)23-10-15-30(27,28)24-16-20-8-4-7-14-29-20;/h19-20,24H,2-18H2,1H3,(H,22,23);1H. The van der Waals surface area contributed by atoms with Crippen LogP contribution in [0.15, 0.2) is 4.99 Å². The number of aliphatic imine (C=N–C) groups is 1. The van der Waals surface area contributed by atoms with Crippen LogP contribution in [0.2, 0.25) is 0 Å². The highest BCUT2D eigenvalue weighted by Crippen LogP contribution is 2.20. The summed E-state index contributed by atoms with van der Waals surface area (Å²) in [6, 6.07) is 0. The smallest absolute Gasteiger partial charge is 0.213 e. The molecule has 0 aromatic carbocycles. The van der Waals surface area contributed by atoms with Gasteiger partial charge in [-0.3, -0.25) is 4.99 Å². The molecule has 2 N–H and O–H groups in total. The Hall–Kier alpha value is -0.170. The van der Waals surface area contributed by atoms with E-state index in [2.05, 4.69) is 31.8 Å². The molecule has 2 unspecified atom stereocenters. The minimum atomic E-state index is -3.34. The molecule has 3 saturated heterocycles. The van der Waals surface area contributed by atoms with Crippen molar-refractivity contribution in [1.29, 1.82) is 0 Å². The first-order valence-corrected chi connectivity index (χ1v) is 13.6. The van der Waals surface area contributed by atoms with Gasteiger partial charge in [-0.05, 0) is 64.5 Å². The quantitative estimate of drug-likeness (QED) is 0.250. The third-order valence-corrected chi connectivity index (χ3v) is 7.64. The zero-order chi connectivity index (χ0) is 21.2. The number of hydrogen-bond donors (Lipinski definition) is 2. The molecule has 0 spiro atoms. The molecule has 3 aliphatic rings. The summed E-state index contributed by atoms with van der Waals surface area (Å²) in [6.45, 7) is 9.88. The first-order chi connectivity index (χ1) is 14.6. The lowest BCUT2D eigenvalue weighted by Crippen LogP contribution is -2.42. The van der Waals surface area contributed by atoms with E-state index in [0.29, 0.717) is 12.5 Å². The average Bonchev–Trinajstić information content (AvgIpc) is 3.21. The predicted octanol–water partition coefficient (Wildman–Crippen LogP) is 1.87. The second-order valence-electron chi connectivity index (χ2n) is 8.85. The van der Waals surface area contributed by atoms with Crippen LogP contribution in [-0.4, -0.2) is 95.0 Å². The van der Waals surface area contributed by atoms with E-state index < -0.39 is 10.0 Å². The molecule has 31 heavy (non-hydrogen) atoms. The molecule has 0 aromatic heterocycles. The Morgan fingerprint density at radius 3 is 2.61 bits per heavy atom. The van der Waals surface area contributed by atoms with E-state index in [1.165, 1.54) is 45.3 Å². The van der Waals surface area contributed by atoms with Gasteiger partial charge in [0.25, 0.3) is 0 Å². The zero-order valence-corrected chi connectivity index (χ0v) is 22.2. The lowest BCUT2D eigenvalue weighted by molar-refractivity contribution is 0.0200. The Labute approximate surface area is 206 Å². The second kappa shape index (κ2) is 14.2.